The largest absolute Gasteiger partial charge is 0.256 e. The minimum absolute atomic E-state index is 0.667. The van der Waals surface area contributed by atoms with Crippen LogP contribution in [0.5, 0.6) is 0 Å². The molecule has 0 saturated heterocycles. The van der Waals surface area contributed by atoms with Crippen LogP contribution in [0.25, 0.3) is 0 Å². The van der Waals surface area contributed by atoms with Gasteiger partial charge in [0.2, 0.25) is 0 Å². The number of hydrogen-bond donors (Lipinski definition) is 0. The third-order valence-electron chi connectivity index (χ3n) is 0.471. The summed E-state index contributed by atoms with van der Waals surface area (Å²) in [6.07, 6.45) is 9.19. The second-order valence-electron chi connectivity index (χ2n) is 2.09. The van der Waals surface area contributed by atoms with Gasteiger partial charge in [0.25, 0.3) is 5.08 Å². The first-order valence-corrected chi connectivity index (χ1v) is 6.63. The zero-order valence-electron chi connectivity index (χ0n) is 5.52. The maximum absolute atomic E-state index is 2.30. The first-order chi connectivity index (χ1) is 3.13. The van der Waals surface area contributed by atoms with E-state index in [4.69, 9.17) is 0 Å². The second kappa shape index (κ2) is 3.67. The minimum atomic E-state index is 0.667. The van der Waals surface area contributed by atoms with Crippen LogP contribution < -0.4 is 0 Å². The van der Waals surface area contributed by atoms with E-state index < -0.39 is 0 Å². The quantitative estimate of drug-likeness (QED) is 0.493. The minimum Gasteiger partial charge on any atom is 0.0312 e. The lowest BCUT2D eigenvalue weighted by molar-refractivity contribution is 2.01. The fraction of sp³-hybridized carbons (Fsp3) is 1.00. The summed E-state index contributed by atoms with van der Waals surface area (Å²) in [5.41, 5.74) is 0. The Morgan fingerprint density at radius 1 is 0.857 bits per heavy atom. The van der Waals surface area contributed by atoms with Crippen LogP contribution in [-0.4, -0.2) is 30.1 Å². The van der Waals surface area contributed by atoms with Crippen molar-refractivity contribution in [2.24, 2.45) is 0 Å². The Kier molecular flexibility index (Phi) is 4.04. The molecule has 44 valence electrons. The predicted octanol–water partition coefficient (Wildman–Crippen LogP) is 0.700. The molecule has 0 heterocycles. The van der Waals surface area contributed by atoms with E-state index in [0.717, 1.165) is 0 Å². The molecule has 0 aromatic heterocycles. The molecule has 0 fully saturated rings. The van der Waals surface area contributed by atoms with E-state index in [1.54, 1.807) is 0 Å². The maximum atomic E-state index is 2.30. The van der Waals surface area contributed by atoms with Crippen molar-refractivity contribution in [2.75, 3.05) is 30.1 Å². The molecule has 0 rings (SSSR count). The van der Waals surface area contributed by atoms with Crippen LogP contribution in [0.1, 0.15) is 0 Å². The molecule has 0 radical (unpaired) electrons. The summed E-state index contributed by atoms with van der Waals surface area (Å²) in [4.78, 5) is 0. The van der Waals surface area contributed by atoms with Gasteiger partial charge in [-0.05, 0) is 0 Å². The molecule has 0 atom stereocenters. The molecule has 0 amide bonds. The average molecular weight is 138 g/mol. The van der Waals surface area contributed by atoms with Crippen LogP contribution in [0.4, 0.5) is 0 Å². The van der Waals surface area contributed by atoms with Crippen molar-refractivity contribution in [1.29, 1.82) is 0 Å². The molecule has 0 aromatic carbocycles. The standard InChI is InChI=1S/C5H14S2/c1-6(2)5-7(3)4/h5H2,1-4H3/q+2. The van der Waals surface area contributed by atoms with Gasteiger partial charge >= 0.3 is 0 Å². The molecule has 0 aromatic rings. The summed E-state index contributed by atoms with van der Waals surface area (Å²) in [6, 6.07) is 0. The molecule has 0 aliphatic rings. The highest BCUT2D eigenvalue weighted by Crippen LogP contribution is 1.90. The lowest BCUT2D eigenvalue weighted by atomic mass is 11.8. The third kappa shape index (κ3) is 6.70. The Morgan fingerprint density at radius 3 is 1.14 bits per heavy atom. The van der Waals surface area contributed by atoms with Crippen molar-refractivity contribution in [2.45, 2.75) is 0 Å². The molecular weight excluding hydrogens is 124 g/mol. The normalized spacial score (nSPS) is 11.1. The van der Waals surface area contributed by atoms with Crippen LogP contribution in [0, 0.1) is 0 Å². The summed E-state index contributed by atoms with van der Waals surface area (Å²) in [5, 5.41) is 1.42. The molecule has 0 nitrogen and oxygen atoms in total. The summed E-state index contributed by atoms with van der Waals surface area (Å²) in [5.74, 6) is 0. The zero-order chi connectivity index (χ0) is 5.86. The van der Waals surface area contributed by atoms with E-state index in [1.165, 1.54) is 5.08 Å². The molecule has 0 bridgehead atoms. The third-order valence-corrected chi connectivity index (χ3v) is 4.24. The van der Waals surface area contributed by atoms with Crippen molar-refractivity contribution >= 4 is 21.8 Å². The summed E-state index contributed by atoms with van der Waals surface area (Å²) in [7, 11) is 1.33. The van der Waals surface area contributed by atoms with Gasteiger partial charge in [0.1, 0.15) is 25.0 Å². The zero-order valence-corrected chi connectivity index (χ0v) is 7.16. The highest BCUT2D eigenvalue weighted by atomic mass is 32.3. The highest BCUT2D eigenvalue weighted by Gasteiger charge is 2.11. The topological polar surface area (TPSA) is 0 Å². The Labute approximate surface area is 52.4 Å². The van der Waals surface area contributed by atoms with Crippen molar-refractivity contribution in [3.8, 4) is 0 Å². The van der Waals surface area contributed by atoms with E-state index >= 15 is 0 Å². The van der Waals surface area contributed by atoms with Gasteiger partial charge in [-0.1, -0.05) is 0 Å². The molecule has 0 spiro atoms. The lowest BCUT2D eigenvalue weighted by Gasteiger charge is -1.90. The van der Waals surface area contributed by atoms with Gasteiger partial charge in [-0.15, -0.1) is 0 Å². The Morgan fingerprint density at radius 2 is 1.14 bits per heavy atom. The van der Waals surface area contributed by atoms with Gasteiger partial charge in [0, 0.05) is 21.8 Å². The summed E-state index contributed by atoms with van der Waals surface area (Å²) < 4.78 is 0. The molecule has 7 heavy (non-hydrogen) atoms. The van der Waals surface area contributed by atoms with Crippen LogP contribution in [0.3, 0.4) is 0 Å². The lowest BCUT2D eigenvalue weighted by Crippen LogP contribution is -2.10. The SMILES string of the molecule is C[S+](C)C[S+](C)C. The molecule has 0 saturated carbocycles. The van der Waals surface area contributed by atoms with Crippen LogP contribution >= 0.6 is 0 Å². The smallest absolute Gasteiger partial charge is 0.0312 e. The van der Waals surface area contributed by atoms with E-state index in [9.17, 15) is 0 Å². The van der Waals surface area contributed by atoms with Gasteiger partial charge in [-0.2, -0.15) is 0 Å². The Balaban J connectivity index is 2.95. The van der Waals surface area contributed by atoms with Gasteiger partial charge in [0.05, 0.1) is 0 Å². The second-order valence-corrected chi connectivity index (χ2v) is 6.97. The Hall–Kier alpha value is 0.700. The molecule has 0 unspecified atom stereocenters. The predicted molar refractivity (Wildman–Crippen MR) is 43.3 cm³/mol. The van der Waals surface area contributed by atoms with E-state index in [1.807, 2.05) is 0 Å². The van der Waals surface area contributed by atoms with E-state index in [2.05, 4.69) is 25.0 Å². The van der Waals surface area contributed by atoms with Crippen molar-refractivity contribution in [3.05, 3.63) is 0 Å². The summed E-state index contributed by atoms with van der Waals surface area (Å²) in [6.45, 7) is 0. The van der Waals surface area contributed by atoms with Gasteiger partial charge in [-0.3, -0.25) is 0 Å². The average Bonchev–Trinajstić information content (AvgIpc) is 1.27. The fourth-order valence-electron chi connectivity index (χ4n) is 0.471. The molecular formula is C5H14S2+2. The van der Waals surface area contributed by atoms with Gasteiger partial charge in [-0.25, -0.2) is 0 Å². The first-order valence-electron chi connectivity index (χ1n) is 2.21. The van der Waals surface area contributed by atoms with Crippen LogP contribution in [0.15, 0.2) is 0 Å². The van der Waals surface area contributed by atoms with Gasteiger partial charge in [0.15, 0.2) is 0 Å². The number of hydrogen-bond acceptors (Lipinski definition) is 0. The maximum Gasteiger partial charge on any atom is 0.256 e. The molecule has 0 aliphatic carbocycles. The first kappa shape index (κ1) is 7.70. The fourth-order valence-corrected chi connectivity index (χ4v) is 4.24. The van der Waals surface area contributed by atoms with Crippen LogP contribution in [-0.2, 0) is 21.8 Å². The molecule has 0 aliphatic heterocycles. The van der Waals surface area contributed by atoms with Crippen molar-refractivity contribution in [3.63, 3.8) is 0 Å². The monoisotopic (exact) mass is 138 g/mol. The van der Waals surface area contributed by atoms with Crippen molar-refractivity contribution < 1.29 is 0 Å². The highest BCUT2D eigenvalue weighted by molar-refractivity contribution is 8.11. The van der Waals surface area contributed by atoms with Gasteiger partial charge < -0.3 is 0 Å². The number of rotatable bonds is 2. The van der Waals surface area contributed by atoms with Crippen molar-refractivity contribution in [1.82, 2.24) is 0 Å². The molecule has 0 N–H and O–H groups in total. The van der Waals surface area contributed by atoms with E-state index in [-0.39, 0.29) is 0 Å². The summed E-state index contributed by atoms with van der Waals surface area (Å²) >= 11 is 0. The van der Waals surface area contributed by atoms with E-state index in [0.29, 0.717) is 21.8 Å². The van der Waals surface area contributed by atoms with Crippen LogP contribution in [0.2, 0.25) is 0 Å². The molecule has 2 heteroatoms. The Bertz CT molecular complexity index is 35.3.